The number of rotatable bonds is 6. The smallest absolute Gasteiger partial charge is 0.260 e. The number of piperidine rings is 1. The fourth-order valence-electron chi connectivity index (χ4n) is 2.75. The maximum absolute atomic E-state index is 12.4. The standard InChI is InChI=1S/C20H30N2O4/c1-5-25-16-8-6-7-9-17(16)26-14-18(23)22-12-10-15(11-13-22)21-19(24)20(2,3)4/h6-9,15H,5,10-14H2,1-4H3,(H,21,24). The molecule has 1 heterocycles. The first-order chi connectivity index (χ1) is 12.3. The van der Waals surface area contributed by atoms with Crippen molar-refractivity contribution in [3.05, 3.63) is 24.3 Å². The van der Waals surface area contributed by atoms with Crippen LogP contribution in [-0.4, -0.2) is 49.1 Å². The van der Waals surface area contributed by atoms with Crippen molar-refractivity contribution in [3.63, 3.8) is 0 Å². The summed E-state index contributed by atoms with van der Waals surface area (Å²) >= 11 is 0. The van der Waals surface area contributed by atoms with E-state index in [4.69, 9.17) is 9.47 Å². The van der Waals surface area contributed by atoms with Gasteiger partial charge in [0, 0.05) is 24.5 Å². The molecule has 0 spiro atoms. The van der Waals surface area contributed by atoms with Gasteiger partial charge in [-0.25, -0.2) is 0 Å². The number of nitrogens with one attached hydrogen (secondary N) is 1. The summed E-state index contributed by atoms with van der Waals surface area (Å²) in [5, 5.41) is 3.07. The van der Waals surface area contributed by atoms with Crippen LogP contribution in [0.5, 0.6) is 11.5 Å². The number of amides is 2. The summed E-state index contributed by atoms with van der Waals surface area (Å²) in [7, 11) is 0. The molecule has 0 radical (unpaired) electrons. The number of para-hydroxylation sites is 2. The van der Waals surface area contributed by atoms with Crippen LogP contribution in [0.1, 0.15) is 40.5 Å². The van der Waals surface area contributed by atoms with Gasteiger partial charge in [0.2, 0.25) is 5.91 Å². The zero-order valence-corrected chi connectivity index (χ0v) is 16.2. The second kappa shape index (κ2) is 8.92. The highest BCUT2D eigenvalue weighted by Gasteiger charge is 2.28. The SMILES string of the molecule is CCOc1ccccc1OCC(=O)N1CCC(NC(=O)C(C)(C)C)CC1. The first kappa shape index (κ1) is 20.1. The zero-order valence-electron chi connectivity index (χ0n) is 16.2. The topological polar surface area (TPSA) is 67.9 Å². The van der Waals surface area contributed by atoms with E-state index in [9.17, 15) is 9.59 Å². The molecule has 6 heteroatoms. The van der Waals surface area contributed by atoms with E-state index in [0.717, 1.165) is 12.8 Å². The summed E-state index contributed by atoms with van der Waals surface area (Å²) in [6.45, 7) is 9.40. The number of ether oxygens (including phenoxy) is 2. The van der Waals surface area contributed by atoms with E-state index >= 15 is 0 Å². The molecule has 26 heavy (non-hydrogen) atoms. The Labute approximate surface area is 155 Å². The lowest BCUT2D eigenvalue weighted by Gasteiger charge is -2.33. The lowest BCUT2D eigenvalue weighted by Crippen LogP contribution is -2.49. The van der Waals surface area contributed by atoms with Crippen LogP contribution in [0, 0.1) is 5.41 Å². The van der Waals surface area contributed by atoms with Gasteiger partial charge in [-0.2, -0.15) is 0 Å². The molecule has 0 unspecified atom stereocenters. The summed E-state index contributed by atoms with van der Waals surface area (Å²) in [5.74, 6) is 1.23. The molecule has 0 atom stereocenters. The van der Waals surface area contributed by atoms with Gasteiger partial charge < -0.3 is 19.7 Å². The quantitative estimate of drug-likeness (QED) is 0.845. The second-order valence-corrected chi connectivity index (χ2v) is 7.55. The van der Waals surface area contributed by atoms with Gasteiger partial charge in [-0.1, -0.05) is 32.9 Å². The average Bonchev–Trinajstić information content (AvgIpc) is 2.61. The fraction of sp³-hybridized carbons (Fsp3) is 0.600. The minimum absolute atomic E-state index is 0.0108. The molecular formula is C20H30N2O4. The van der Waals surface area contributed by atoms with Gasteiger partial charge in [-0.05, 0) is 31.9 Å². The molecule has 0 saturated carbocycles. The predicted molar refractivity (Wildman–Crippen MR) is 100 cm³/mol. The highest BCUT2D eigenvalue weighted by atomic mass is 16.5. The Balaban J connectivity index is 1.79. The molecule has 1 saturated heterocycles. The Morgan fingerprint density at radius 1 is 1.12 bits per heavy atom. The number of hydrogen-bond acceptors (Lipinski definition) is 4. The van der Waals surface area contributed by atoms with Crippen molar-refractivity contribution in [1.82, 2.24) is 10.2 Å². The van der Waals surface area contributed by atoms with E-state index < -0.39 is 5.41 Å². The van der Waals surface area contributed by atoms with Crippen molar-refractivity contribution in [1.29, 1.82) is 0 Å². The van der Waals surface area contributed by atoms with Crippen LogP contribution in [0.3, 0.4) is 0 Å². The van der Waals surface area contributed by atoms with Gasteiger partial charge in [-0.3, -0.25) is 9.59 Å². The molecule has 0 bridgehead atoms. The van der Waals surface area contributed by atoms with Crippen LogP contribution in [0.25, 0.3) is 0 Å². The Morgan fingerprint density at radius 2 is 1.69 bits per heavy atom. The van der Waals surface area contributed by atoms with E-state index in [1.165, 1.54) is 0 Å². The number of carbonyl (C=O) groups is 2. The van der Waals surface area contributed by atoms with Crippen molar-refractivity contribution in [2.75, 3.05) is 26.3 Å². The molecule has 2 amide bonds. The molecule has 1 fully saturated rings. The third kappa shape index (κ3) is 5.64. The first-order valence-electron chi connectivity index (χ1n) is 9.24. The van der Waals surface area contributed by atoms with Crippen molar-refractivity contribution in [3.8, 4) is 11.5 Å². The Hall–Kier alpha value is -2.24. The van der Waals surface area contributed by atoms with Crippen molar-refractivity contribution in [2.24, 2.45) is 5.41 Å². The first-order valence-corrected chi connectivity index (χ1v) is 9.24. The summed E-state index contributed by atoms with van der Waals surface area (Å²) in [6, 6.07) is 7.48. The van der Waals surface area contributed by atoms with Crippen LogP contribution < -0.4 is 14.8 Å². The zero-order chi connectivity index (χ0) is 19.2. The average molecular weight is 362 g/mol. The Morgan fingerprint density at radius 3 is 2.23 bits per heavy atom. The second-order valence-electron chi connectivity index (χ2n) is 7.55. The molecular weight excluding hydrogens is 332 g/mol. The van der Waals surface area contributed by atoms with Crippen molar-refractivity contribution in [2.45, 2.75) is 46.6 Å². The molecule has 1 aromatic rings. The highest BCUT2D eigenvalue weighted by Crippen LogP contribution is 2.26. The number of likely N-dealkylation sites (tertiary alicyclic amines) is 1. The Kier molecular flexibility index (Phi) is 6.89. The Bertz CT molecular complexity index is 616. The lowest BCUT2D eigenvalue weighted by molar-refractivity contribution is -0.134. The van der Waals surface area contributed by atoms with Gasteiger partial charge in [0.05, 0.1) is 6.61 Å². The van der Waals surface area contributed by atoms with Gasteiger partial charge in [0.15, 0.2) is 18.1 Å². The van der Waals surface area contributed by atoms with E-state index in [0.29, 0.717) is 31.2 Å². The normalized spacial score (nSPS) is 15.5. The number of nitrogens with zero attached hydrogens (tertiary/aromatic N) is 1. The van der Waals surface area contributed by atoms with Crippen LogP contribution in [0.15, 0.2) is 24.3 Å². The van der Waals surface area contributed by atoms with Gasteiger partial charge >= 0.3 is 0 Å². The van der Waals surface area contributed by atoms with Gasteiger partial charge in [0.25, 0.3) is 5.91 Å². The summed E-state index contributed by atoms with van der Waals surface area (Å²) in [5.41, 5.74) is -0.394. The molecule has 1 N–H and O–H groups in total. The fourth-order valence-corrected chi connectivity index (χ4v) is 2.75. The van der Waals surface area contributed by atoms with Crippen LogP contribution in [-0.2, 0) is 9.59 Å². The van der Waals surface area contributed by atoms with E-state index in [1.54, 1.807) is 11.0 Å². The van der Waals surface area contributed by atoms with Crippen LogP contribution in [0.2, 0.25) is 0 Å². The van der Waals surface area contributed by atoms with Crippen LogP contribution in [0.4, 0.5) is 0 Å². The summed E-state index contributed by atoms with van der Waals surface area (Å²) in [6.07, 6.45) is 1.53. The lowest BCUT2D eigenvalue weighted by atomic mass is 9.94. The molecule has 1 aromatic carbocycles. The third-order valence-corrected chi connectivity index (χ3v) is 4.36. The molecule has 1 aliphatic rings. The number of hydrogen-bond donors (Lipinski definition) is 1. The largest absolute Gasteiger partial charge is 0.490 e. The predicted octanol–water partition coefficient (Wildman–Crippen LogP) is 2.62. The van der Waals surface area contributed by atoms with Crippen LogP contribution >= 0.6 is 0 Å². The monoisotopic (exact) mass is 362 g/mol. The summed E-state index contributed by atoms with van der Waals surface area (Å²) in [4.78, 5) is 26.3. The summed E-state index contributed by atoms with van der Waals surface area (Å²) < 4.78 is 11.2. The molecule has 0 aromatic heterocycles. The third-order valence-electron chi connectivity index (χ3n) is 4.36. The minimum Gasteiger partial charge on any atom is -0.490 e. The van der Waals surface area contributed by atoms with E-state index in [-0.39, 0.29) is 24.5 Å². The number of carbonyl (C=O) groups excluding carboxylic acids is 2. The highest BCUT2D eigenvalue weighted by molar-refractivity contribution is 5.81. The maximum Gasteiger partial charge on any atom is 0.260 e. The maximum atomic E-state index is 12.4. The van der Waals surface area contributed by atoms with Crippen molar-refractivity contribution < 1.29 is 19.1 Å². The number of benzene rings is 1. The van der Waals surface area contributed by atoms with Gasteiger partial charge in [-0.15, -0.1) is 0 Å². The molecule has 2 rings (SSSR count). The molecule has 6 nitrogen and oxygen atoms in total. The molecule has 144 valence electrons. The van der Waals surface area contributed by atoms with E-state index in [2.05, 4.69) is 5.32 Å². The minimum atomic E-state index is -0.394. The van der Waals surface area contributed by atoms with Gasteiger partial charge in [0.1, 0.15) is 0 Å². The van der Waals surface area contributed by atoms with Crippen molar-refractivity contribution >= 4 is 11.8 Å². The molecule has 1 aliphatic heterocycles. The van der Waals surface area contributed by atoms with E-state index in [1.807, 2.05) is 45.9 Å². The molecule has 0 aliphatic carbocycles.